The fraction of sp³-hybridized carbons (Fsp3) is 0.154. The van der Waals surface area contributed by atoms with E-state index in [1.807, 2.05) is 25.1 Å². The van der Waals surface area contributed by atoms with E-state index >= 15 is 0 Å². The van der Waals surface area contributed by atoms with Crippen LogP contribution in [0.2, 0.25) is 0 Å². The number of fused-ring (bicyclic) bond motifs is 1. The Balaban J connectivity index is 2.73. The molecule has 0 atom stereocenters. The summed E-state index contributed by atoms with van der Waals surface area (Å²) in [7, 11) is 0. The second-order valence-corrected chi connectivity index (χ2v) is 3.38. The zero-order chi connectivity index (χ0) is 11.5. The van der Waals surface area contributed by atoms with Crippen LogP contribution in [-0.2, 0) is 0 Å². The lowest BCUT2D eigenvalue weighted by Gasteiger charge is -2.13. The molecule has 0 radical (unpaired) electrons. The van der Waals surface area contributed by atoms with Gasteiger partial charge in [0.05, 0.1) is 12.6 Å². The van der Waals surface area contributed by atoms with Gasteiger partial charge in [-0.25, -0.2) is 0 Å². The van der Waals surface area contributed by atoms with Crippen molar-refractivity contribution in [3.05, 3.63) is 42.0 Å². The molecule has 0 N–H and O–H groups in total. The largest absolute Gasteiger partial charge is 0.545 e. The third-order valence-corrected chi connectivity index (χ3v) is 2.39. The van der Waals surface area contributed by atoms with E-state index in [1.165, 1.54) is 0 Å². The van der Waals surface area contributed by atoms with E-state index in [0.29, 0.717) is 17.7 Å². The summed E-state index contributed by atoms with van der Waals surface area (Å²) in [6.07, 6.45) is 0. The number of hydrogen-bond acceptors (Lipinski definition) is 3. The van der Waals surface area contributed by atoms with Crippen LogP contribution in [0.3, 0.4) is 0 Å². The van der Waals surface area contributed by atoms with Crippen molar-refractivity contribution in [3.8, 4) is 5.75 Å². The Bertz CT molecular complexity index is 532. The molecule has 2 rings (SSSR count). The predicted octanol–water partition coefficient (Wildman–Crippen LogP) is 1.60. The Hall–Kier alpha value is -2.03. The van der Waals surface area contributed by atoms with E-state index in [4.69, 9.17) is 4.74 Å². The third-order valence-electron chi connectivity index (χ3n) is 2.39. The van der Waals surface area contributed by atoms with Crippen molar-refractivity contribution in [2.45, 2.75) is 6.92 Å². The first-order valence-corrected chi connectivity index (χ1v) is 5.10. The maximum absolute atomic E-state index is 11.1. The molecule has 0 bridgehead atoms. The molecule has 82 valence electrons. The molecule has 0 aromatic heterocycles. The molecule has 0 unspecified atom stereocenters. The first-order valence-electron chi connectivity index (χ1n) is 5.10. The van der Waals surface area contributed by atoms with E-state index in [9.17, 15) is 9.90 Å². The number of carbonyl (C=O) groups is 1. The fourth-order valence-corrected chi connectivity index (χ4v) is 1.74. The molecule has 2 aromatic rings. The molecule has 16 heavy (non-hydrogen) atoms. The molecule has 3 nitrogen and oxygen atoms in total. The topological polar surface area (TPSA) is 49.4 Å². The normalized spacial score (nSPS) is 10.3. The van der Waals surface area contributed by atoms with Crippen molar-refractivity contribution >= 4 is 16.7 Å². The second kappa shape index (κ2) is 4.23. The lowest BCUT2D eigenvalue weighted by atomic mass is 10.0. The van der Waals surface area contributed by atoms with Gasteiger partial charge >= 0.3 is 0 Å². The number of hydrogen-bond donors (Lipinski definition) is 0. The quantitative estimate of drug-likeness (QED) is 0.781. The van der Waals surface area contributed by atoms with Crippen LogP contribution in [-0.4, -0.2) is 12.6 Å². The summed E-state index contributed by atoms with van der Waals surface area (Å²) in [5.41, 5.74) is 0.125. The molecule has 3 heteroatoms. The number of carboxylic acid groups (broad SMARTS) is 1. The summed E-state index contributed by atoms with van der Waals surface area (Å²) in [6.45, 7) is 2.24. The zero-order valence-corrected chi connectivity index (χ0v) is 8.90. The second-order valence-electron chi connectivity index (χ2n) is 3.38. The SMILES string of the molecule is CCOc1ccc2ccccc2c1C(=O)[O-]. The molecule has 0 aliphatic carbocycles. The molecule has 0 heterocycles. The molecule has 0 amide bonds. The molecule has 0 saturated heterocycles. The molecular weight excluding hydrogens is 204 g/mol. The van der Waals surface area contributed by atoms with Crippen molar-refractivity contribution in [1.29, 1.82) is 0 Å². The van der Waals surface area contributed by atoms with Crippen molar-refractivity contribution in [1.82, 2.24) is 0 Å². The van der Waals surface area contributed by atoms with Crippen molar-refractivity contribution in [2.24, 2.45) is 0 Å². The van der Waals surface area contributed by atoms with Crippen molar-refractivity contribution < 1.29 is 14.6 Å². The lowest BCUT2D eigenvalue weighted by Crippen LogP contribution is -2.23. The minimum atomic E-state index is -1.21. The van der Waals surface area contributed by atoms with Gasteiger partial charge in [0.25, 0.3) is 0 Å². The van der Waals surface area contributed by atoms with Crippen molar-refractivity contribution in [3.63, 3.8) is 0 Å². The van der Waals surface area contributed by atoms with E-state index in [2.05, 4.69) is 0 Å². The molecule has 0 aliphatic rings. The number of carbonyl (C=O) groups excluding carboxylic acids is 1. The Labute approximate surface area is 93.3 Å². The minimum Gasteiger partial charge on any atom is -0.545 e. The highest BCUT2D eigenvalue weighted by Crippen LogP contribution is 2.27. The van der Waals surface area contributed by atoms with Crippen LogP contribution in [0, 0.1) is 0 Å². The van der Waals surface area contributed by atoms with Crippen LogP contribution in [0.1, 0.15) is 17.3 Å². The minimum absolute atomic E-state index is 0.125. The first-order chi connectivity index (χ1) is 7.74. The van der Waals surface area contributed by atoms with Gasteiger partial charge in [-0.2, -0.15) is 0 Å². The highest BCUT2D eigenvalue weighted by atomic mass is 16.5. The summed E-state index contributed by atoms with van der Waals surface area (Å²) in [5.74, 6) is -0.846. The van der Waals surface area contributed by atoms with Gasteiger partial charge in [-0.15, -0.1) is 0 Å². The van der Waals surface area contributed by atoms with E-state index in [1.54, 1.807) is 18.2 Å². The third kappa shape index (κ3) is 1.72. The first kappa shape index (κ1) is 10.5. The monoisotopic (exact) mass is 215 g/mol. The Morgan fingerprint density at radius 2 is 2.00 bits per heavy atom. The number of carboxylic acids is 1. The van der Waals surface area contributed by atoms with Crippen LogP contribution in [0.15, 0.2) is 36.4 Å². The van der Waals surface area contributed by atoms with Gasteiger partial charge in [0.2, 0.25) is 0 Å². The fourth-order valence-electron chi connectivity index (χ4n) is 1.74. The van der Waals surface area contributed by atoms with Gasteiger partial charge in [0, 0.05) is 5.56 Å². The average Bonchev–Trinajstić information content (AvgIpc) is 2.28. The predicted molar refractivity (Wildman–Crippen MR) is 59.4 cm³/mol. The van der Waals surface area contributed by atoms with Gasteiger partial charge in [0.1, 0.15) is 5.75 Å². The van der Waals surface area contributed by atoms with Gasteiger partial charge in [0.15, 0.2) is 0 Å². The van der Waals surface area contributed by atoms with Crippen molar-refractivity contribution in [2.75, 3.05) is 6.61 Å². The molecular formula is C13H11O3-. The molecule has 2 aromatic carbocycles. The average molecular weight is 215 g/mol. The summed E-state index contributed by atoms with van der Waals surface area (Å²) in [6, 6.07) is 10.8. The maximum Gasteiger partial charge on any atom is 0.128 e. The maximum atomic E-state index is 11.1. The standard InChI is InChI=1S/C13H12O3/c1-2-16-11-8-7-9-5-3-4-6-10(9)12(11)13(14)15/h3-8H,2H2,1H3,(H,14,15)/p-1. The molecule has 0 fully saturated rings. The van der Waals surface area contributed by atoms with E-state index in [-0.39, 0.29) is 5.56 Å². The number of aromatic carboxylic acids is 1. The van der Waals surface area contributed by atoms with Gasteiger partial charge in [-0.3, -0.25) is 0 Å². The Morgan fingerprint density at radius 3 is 2.69 bits per heavy atom. The Kier molecular flexibility index (Phi) is 2.77. The summed E-state index contributed by atoms with van der Waals surface area (Å²) in [5, 5.41) is 12.6. The van der Waals surface area contributed by atoms with Crippen LogP contribution in [0.25, 0.3) is 10.8 Å². The van der Waals surface area contributed by atoms with E-state index in [0.717, 1.165) is 5.39 Å². The molecule has 0 saturated carbocycles. The summed E-state index contributed by atoms with van der Waals surface area (Å²) >= 11 is 0. The summed E-state index contributed by atoms with van der Waals surface area (Å²) < 4.78 is 5.29. The van der Waals surface area contributed by atoms with Gasteiger partial charge in [-0.05, 0) is 23.8 Å². The molecule has 0 spiro atoms. The van der Waals surface area contributed by atoms with Gasteiger partial charge in [-0.1, -0.05) is 30.3 Å². The van der Waals surface area contributed by atoms with Crippen LogP contribution >= 0.6 is 0 Å². The highest BCUT2D eigenvalue weighted by Gasteiger charge is 2.08. The van der Waals surface area contributed by atoms with E-state index < -0.39 is 5.97 Å². The summed E-state index contributed by atoms with van der Waals surface area (Å²) in [4.78, 5) is 11.1. The molecule has 0 aliphatic heterocycles. The smallest absolute Gasteiger partial charge is 0.128 e. The zero-order valence-electron chi connectivity index (χ0n) is 8.90. The van der Waals surface area contributed by atoms with Crippen LogP contribution in [0.4, 0.5) is 0 Å². The number of rotatable bonds is 3. The Morgan fingerprint density at radius 1 is 1.25 bits per heavy atom. The lowest BCUT2D eigenvalue weighted by molar-refractivity contribution is -0.254. The van der Waals surface area contributed by atoms with Crippen LogP contribution < -0.4 is 9.84 Å². The van der Waals surface area contributed by atoms with Gasteiger partial charge < -0.3 is 14.6 Å². The number of benzene rings is 2. The van der Waals surface area contributed by atoms with Crippen LogP contribution in [0.5, 0.6) is 5.75 Å². The highest BCUT2D eigenvalue weighted by molar-refractivity contribution is 6.05. The number of ether oxygens (including phenoxy) is 1.